The van der Waals surface area contributed by atoms with E-state index < -0.39 is 0 Å². The van der Waals surface area contributed by atoms with Gasteiger partial charge in [0, 0.05) is 19.5 Å². The minimum absolute atomic E-state index is 0.155. The monoisotopic (exact) mass is 230 g/mol. The van der Waals surface area contributed by atoms with Crippen molar-refractivity contribution in [1.82, 2.24) is 14.8 Å². The average Bonchev–Trinajstić information content (AvgIpc) is 2.72. The van der Waals surface area contributed by atoms with E-state index in [2.05, 4.69) is 41.5 Å². The van der Waals surface area contributed by atoms with Gasteiger partial charge in [-0.25, -0.2) is 0 Å². The van der Waals surface area contributed by atoms with Crippen LogP contribution in [0.2, 0.25) is 0 Å². The van der Waals surface area contributed by atoms with Gasteiger partial charge in [-0.15, -0.1) is 10.2 Å². The minimum Gasteiger partial charge on any atom is -0.357 e. The highest BCUT2D eigenvalue weighted by molar-refractivity contribution is 5.34. The fourth-order valence-corrected chi connectivity index (χ4v) is 2.08. The standard InChI is InChI=1S/C13H18N4/c1-13(2,10-8-6-5-7-9-10)11-15-16-12(14-3)17(11)4/h5-9H,1-4H3,(H,14,16). The van der Waals surface area contributed by atoms with E-state index in [4.69, 9.17) is 0 Å². The molecule has 1 aromatic carbocycles. The van der Waals surface area contributed by atoms with Crippen LogP contribution in [0.15, 0.2) is 30.3 Å². The number of nitrogens with one attached hydrogen (secondary N) is 1. The molecule has 0 aliphatic rings. The van der Waals surface area contributed by atoms with E-state index in [0.717, 1.165) is 11.8 Å². The molecule has 4 nitrogen and oxygen atoms in total. The van der Waals surface area contributed by atoms with Crippen LogP contribution >= 0.6 is 0 Å². The molecule has 4 heteroatoms. The minimum atomic E-state index is -0.155. The normalized spacial score (nSPS) is 11.5. The number of anilines is 1. The van der Waals surface area contributed by atoms with Gasteiger partial charge in [-0.2, -0.15) is 0 Å². The van der Waals surface area contributed by atoms with Gasteiger partial charge in [0.15, 0.2) is 0 Å². The summed E-state index contributed by atoms with van der Waals surface area (Å²) in [6.07, 6.45) is 0. The second-order valence-corrected chi connectivity index (χ2v) is 4.65. The topological polar surface area (TPSA) is 42.7 Å². The molecule has 0 radical (unpaired) electrons. The number of hydrogen-bond acceptors (Lipinski definition) is 3. The average molecular weight is 230 g/mol. The summed E-state index contributed by atoms with van der Waals surface area (Å²) in [5, 5.41) is 11.4. The molecule has 0 bridgehead atoms. The molecule has 0 aliphatic carbocycles. The van der Waals surface area contributed by atoms with E-state index in [1.807, 2.05) is 36.9 Å². The lowest BCUT2D eigenvalue weighted by molar-refractivity contribution is 0.561. The molecular formula is C13H18N4. The third-order valence-corrected chi connectivity index (χ3v) is 3.15. The molecule has 1 heterocycles. The molecule has 2 aromatic rings. The molecule has 0 amide bonds. The van der Waals surface area contributed by atoms with E-state index in [1.54, 1.807) is 0 Å². The van der Waals surface area contributed by atoms with Crippen LogP contribution in [-0.4, -0.2) is 21.8 Å². The van der Waals surface area contributed by atoms with Crippen molar-refractivity contribution < 1.29 is 0 Å². The van der Waals surface area contributed by atoms with Gasteiger partial charge >= 0.3 is 0 Å². The summed E-state index contributed by atoms with van der Waals surface area (Å²) < 4.78 is 1.99. The van der Waals surface area contributed by atoms with E-state index >= 15 is 0 Å². The maximum Gasteiger partial charge on any atom is 0.224 e. The molecule has 90 valence electrons. The quantitative estimate of drug-likeness (QED) is 0.878. The van der Waals surface area contributed by atoms with Crippen molar-refractivity contribution in [3.05, 3.63) is 41.7 Å². The molecule has 0 aliphatic heterocycles. The summed E-state index contributed by atoms with van der Waals surface area (Å²) in [5.41, 5.74) is 1.08. The molecule has 2 rings (SSSR count). The van der Waals surface area contributed by atoms with E-state index in [1.165, 1.54) is 5.56 Å². The highest BCUT2D eigenvalue weighted by Crippen LogP contribution is 2.30. The summed E-state index contributed by atoms with van der Waals surface area (Å²) in [4.78, 5) is 0. The first-order valence-electron chi connectivity index (χ1n) is 5.70. The summed E-state index contributed by atoms with van der Waals surface area (Å²) in [6.45, 7) is 4.32. The molecule has 0 saturated carbocycles. The van der Waals surface area contributed by atoms with Crippen molar-refractivity contribution in [3.8, 4) is 0 Å². The number of aromatic nitrogens is 3. The van der Waals surface area contributed by atoms with Crippen LogP contribution in [0.3, 0.4) is 0 Å². The van der Waals surface area contributed by atoms with Crippen molar-refractivity contribution in [2.24, 2.45) is 7.05 Å². The molecule has 0 unspecified atom stereocenters. The van der Waals surface area contributed by atoms with Gasteiger partial charge in [0.1, 0.15) is 5.82 Å². The molecule has 0 atom stereocenters. The molecule has 1 N–H and O–H groups in total. The Morgan fingerprint density at radius 3 is 2.29 bits per heavy atom. The SMILES string of the molecule is CNc1nnc(C(C)(C)c2ccccc2)n1C. The lowest BCUT2D eigenvalue weighted by Crippen LogP contribution is -2.23. The molecule has 0 saturated heterocycles. The predicted molar refractivity (Wildman–Crippen MR) is 69.1 cm³/mol. The zero-order valence-electron chi connectivity index (χ0n) is 10.7. The number of rotatable bonds is 3. The maximum absolute atomic E-state index is 4.29. The molecule has 0 fully saturated rings. The lowest BCUT2D eigenvalue weighted by Gasteiger charge is -2.24. The first kappa shape index (κ1) is 11.6. The Hall–Kier alpha value is -1.84. The van der Waals surface area contributed by atoms with E-state index in [0.29, 0.717) is 0 Å². The van der Waals surface area contributed by atoms with Gasteiger partial charge in [0.05, 0.1) is 0 Å². The van der Waals surface area contributed by atoms with Gasteiger partial charge in [-0.05, 0) is 19.4 Å². The Morgan fingerprint density at radius 2 is 1.76 bits per heavy atom. The Kier molecular flexibility index (Phi) is 2.88. The molecule has 0 spiro atoms. The predicted octanol–water partition coefficient (Wildman–Crippen LogP) is 2.18. The third-order valence-electron chi connectivity index (χ3n) is 3.15. The van der Waals surface area contributed by atoms with Crippen LogP contribution in [0.4, 0.5) is 5.95 Å². The van der Waals surface area contributed by atoms with Crippen LogP contribution < -0.4 is 5.32 Å². The first-order valence-corrected chi connectivity index (χ1v) is 5.70. The van der Waals surface area contributed by atoms with Crippen LogP contribution in [0.1, 0.15) is 25.2 Å². The molecule has 1 aromatic heterocycles. The Labute approximate surface area is 102 Å². The van der Waals surface area contributed by atoms with Crippen LogP contribution in [0, 0.1) is 0 Å². The summed E-state index contributed by atoms with van der Waals surface area (Å²) in [6, 6.07) is 10.4. The van der Waals surface area contributed by atoms with Crippen molar-refractivity contribution in [2.75, 3.05) is 12.4 Å². The zero-order chi connectivity index (χ0) is 12.5. The first-order chi connectivity index (χ1) is 8.07. The van der Waals surface area contributed by atoms with Crippen LogP contribution in [0.5, 0.6) is 0 Å². The summed E-state index contributed by atoms with van der Waals surface area (Å²) in [5.74, 6) is 1.73. The zero-order valence-corrected chi connectivity index (χ0v) is 10.7. The van der Waals surface area contributed by atoms with Crippen LogP contribution in [0.25, 0.3) is 0 Å². The van der Waals surface area contributed by atoms with Gasteiger partial charge in [-0.3, -0.25) is 4.57 Å². The number of nitrogens with zero attached hydrogens (tertiary/aromatic N) is 3. The lowest BCUT2D eigenvalue weighted by atomic mass is 9.84. The van der Waals surface area contributed by atoms with Gasteiger partial charge < -0.3 is 5.32 Å². The highest BCUT2D eigenvalue weighted by Gasteiger charge is 2.28. The maximum atomic E-state index is 4.29. The van der Waals surface area contributed by atoms with Crippen molar-refractivity contribution >= 4 is 5.95 Å². The second kappa shape index (κ2) is 4.20. The van der Waals surface area contributed by atoms with Gasteiger partial charge in [-0.1, -0.05) is 30.3 Å². The fraction of sp³-hybridized carbons (Fsp3) is 0.385. The van der Waals surface area contributed by atoms with Crippen molar-refractivity contribution in [2.45, 2.75) is 19.3 Å². The number of benzene rings is 1. The summed E-state index contributed by atoms with van der Waals surface area (Å²) in [7, 11) is 3.83. The fourth-order valence-electron chi connectivity index (χ4n) is 2.08. The largest absolute Gasteiger partial charge is 0.357 e. The van der Waals surface area contributed by atoms with Gasteiger partial charge in [0.25, 0.3) is 0 Å². The van der Waals surface area contributed by atoms with Crippen LogP contribution in [-0.2, 0) is 12.5 Å². The molecular weight excluding hydrogens is 212 g/mol. The van der Waals surface area contributed by atoms with E-state index in [9.17, 15) is 0 Å². The highest BCUT2D eigenvalue weighted by atomic mass is 15.3. The second-order valence-electron chi connectivity index (χ2n) is 4.65. The smallest absolute Gasteiger partial charge is 0.224 e. The third kappa shape index (κ3) is 1.90. The summed E-state index contributed by atoms with van der Waals surface area (Å²) >= 11 is 0. The Bertz CT molecular complexity index is 499. The molecule has 17 heavy (non-hydrogen) atoms. The Morgan fingerprint density at radius 1 is 1.12 bits per heavy atom. The van der Waals surface area contributed by atoms with Crippen molar-refractivity contribution in [3.63, 3.8) is 0 Å². The van der Waals surface area contributed by atoms with Crippen molar-refractivity contribution in [1.29, 1.82) is 0 Å². The van der Waals surface area contributed by atoms with E-state index in [-0.39, 0.29) is 5.41 Å². The number of hydrogen-bond donors (Lipinski definition) is 1. The Balaban J connectivity index is 2.48. The van der Waals surface area contributed by atoms with Gasteiger partial charge in [0.2, 0.25) is 5.95 Å².